The summed E-state index contributed by atoms with van der Waals surface area (Å²) in [6.45, 7) is 8.56. The first kappa shape index (κ1) is 14.5. The number of nitrogens with zero attached hydrogens (tertiary/aromatic N) is 1. The van der Waals surface area contributed by atoms with Gasteiger partial charge in [-0.2, -0.15) is 0 Å². The van der Waals surface area contributed by atoms with E-state index in [1.54, 1.807) is 0 Å². The van der Waals surface area contributed by atoms with Crippen molar-refractivity contribution in [1.82, 2.24) is 4.90 Å². The molecule has 1 fully saturated rings. The molecule has 2 heteroatoms. The highest BCUT2D eigenvalue weighted by Crippen LogP contribution is 2.23. The predicted molar refractivity (Wildman–Crippen MR) is 72.9 cm³/mol. The molecule has 100 valence electrons. The Bertz CT molecular complexity index is 217. The second-order valence-electron chi connectivity index (χ2n) is 5.86. The van der Waals surface area contributed by atoms with Crippen molar-refractivity contribution in [2.45, 2.75) is 65.7 Å². The third-order valence-electron chi connectivity index (χ3n) is 3.91. The molecule has 0 aliphatic carbocycles. The minimum atomic E-state index is 0.336. The van der Waals surface area contributed by atoms with Gasteiger partial charge in [0, 0.05) is 19.5 Å². The Hall–Kier alpha value is -0.530. The molecule has 0 saturated carbocycles. The topological polar surface area (TPSA) is 20.3 Å². The minimum Gasteiger partial charge on any atom is -0.343 e. The molecule has 1 amide bonds. The molecule has 1 rings (SSSR count). The third kappa shape index (κ3) is 5.56. The van der Waals surface area contributed by atoms with Gasteiger partial charge in [-0.15, -0.1) is 0 Å². The van der Waals surface area contributed by atoms with Gasteiger partial charge in [0.1, 0.15) is 0 Å². The van der Waals surface area contributed by atoms with Gasteiger partial charge in [-0.1, -0.05) is 46.5 Å². The summed E-state index contributed by atoms with van der Waals surface area (Å²) in [4.78, 5) is 13.6. The summed E-state index contributed by atoms with van der Waals surface area (Å²) in [5.74, 6) is 2.06. The fourth-order valence-electron chi connectivity index (χ4n) is 2.68. The van der Waals surface area contributed by atoms with Gasteiger partial charge in [0.05, 0.1) is 0 Å². The highest BCUT2D eigenvalue weighted by Gasteiger charge is 2.21. The number of unbranched alkanes of at least 4 members (excludes halogenated alkanes) is 1. The third-order valence-corrected chi connectivity index (χ3v) is 3.91. The maximum Gasteiger partial charge on any atom is 0.222 e. The maximum atomic E-state index is 11.5. The highest BCUT2D eigenvalue weighted by molar-refractivity contribution is 5.75. The summed E-state index contributed by atoms with van der Waals surface area (Å²) in [5.41, 5.74) is 0. The SMILES string of the molecule is CCC(=O)N1CCC(CCCCC(C)C)CC1. The molecule has 1 aliphatic heterocycles. The second-order valence-corrected chi connectivity index (χ2v) is 5.86. The number of carbonyl (C=O) groups excluding carboxylic acids is 1. The lowest BCUT2D eigenvalue weighted by atomic mass is 9.90. The van der Waals surface area contributed by atoms with Gasteiger partial charge in [0.25, 0.3) is 0 Å². The fraction of sp³-hybridized carbons (Fsp3) is 0.933. The first-order valence-electron chi connectivity index (χ1n) is 7.41. The lowest BCUT2D eigenvalue weighted by molar-refractivity contribution is -0.132. The van der Waals surface area contributed by atoms with Crippen molar-refractivity contribution < 1.29 is 4.79 Å². The zero-order valence-electron chi connectivity index (χ0n) is 11.9. The first-order chi connectivity index (χ1) is 8.13. The van der Waals surface area contributed by atoms with Crippen LogP contribution in [0.5, 0.6) is 0 Å². The largest absolute Gasteiger partial charge is 0.343 e. The van der Waals surface area contributed by atoms with Crippen LogP contribution in [-0.2, 0) is 4.79 Å². The number of rotatable bonds is 6. The van der Waals surface area contributed by atoms with Crippen molar-refractivity contribution in [3.05, 3.63) is 0 Å². The van der Waals surface area contributed by atoms with E-state index in [4.69, 9.17) is 0 Å². The normalized spacial score (nSPS) is 17.8. The highest BCUT2D eigenvalue weighted by atomic mass is 16.2. The van der Waals surface area contributed by atoms with Gasteiger partial charge in [-0.05, 0) is 24.7 Å². The average Bonchev–Trinajstić information content (AvgIpc) is 2.34. The Morgan fingerprint density at radius 3 is 2.41 bits per heavy atom. The van der Waals surface area contributed by atoms with Crippen molar-refractivity contribution in [2.75, 3.05) is 13.1 Å². The summed E-state index contributed by atoms with van der Waals surface area (Å²) in [5, 5.41) is 0. The minimum absolute atomic E-state index is 0.336. The summed E-state index contributed by atoms with van der Waals surface area (Å²) in [7, 11) is 0. The molecule has 0 bridgehead atoms. The Labute approximate surface area is 107 Å². The Morgan fingerprint density at radius 2 is 1.88 bits per heavy atom. The summed E-state index contributed by atoms with van der Waals surface area (Å²) >= 11 is 0. The zero-order chi connectivity index (χ0) is 12.7. The van der Waals surface area contributed by atoms with Crippen LogP contribution in [0, 0.1) is 11.8 Å². The van der Waals surface area contributed by atoms with E-state index >= 15 is 0 Å². The molecule has 0 aromatic carbocycles. The smallest absolute Gasteiger partial charge is 0.222 e. The molecule has 0 unspecified atom stereocenters. The van der Waals surface area contributed by atoms with E-state index in [1.807, 2.05) is 11.8 Å². The van der Waals surface area contributed by atoms with Crippen molar-refractivity contribution in [2.24, 2.45) is 11.8 Å². The summed E-state index contributed by atoms with van der Waals surface area (Å²) in [6, 6.07) is 0. The lowest BCUT2D eigenvalue weighted by Gasteiger charge is -2.32. The number of hydrogen-bond donors (Lipinski definition) is 0. The van der Waals surface area contributed by atoms with Crippen LogP contribution in [-0.4, -0.2) is 23.9 Å². The Kier molecular flexibility index (Phi) is 6.61. The van der Waals surface area contributed by atoms with Crippen LogP contribution < -0.4 is 0 Å². The number of amides is 1. The molecule has 2 nitrogen and oxygen atoms in total. The molecule has 0 N–H and O–H groups in total. The second kappa shape index (κ2) is 7.73. The number of hydrogen-bond acceptors (Lipinski definition) is 1. The number of likely N-dealkylation sites (tertiary alicyclic amines) is 1. The van der Waals surface area contributed by atoms with Crippen LogP contribution in [0.2, 0.25) is 0 Å². The van der Waals surface area contributed by atoms with E-state index in [0.717, 1.165) is 24.9 Å². The lowest BCUT2D eigenvalue weighted by Crippen LogP contribution is -2.38. The molecule has 1 heterocycles. The number of carbonyl (C=O) groups is 1. The Morgan fingerprint density at radius 1 is 1.24 bits per heavy atom. The van der Waals surface area contributed by atoms with Gasteiger partial charge in [0.15, 0.2) is 0 Å². The molecule has 0 atom stereocenters. The van der Waals surface area contributed by atoms with E-state index in [2.05, 4.69) is 13.8 Å². The standard InChI is InChI=1S/C15H29NO/c1-4-15(17)16-11-9-14(10-12-16)8-6-5-7-13(2)3/h13-14H,4-12H2,1-3H3. The summed E-state index contributed by atoms with van der Waals surface area (Å²) in [6.07, 6.45) is 8.63. The van der Waals surface area contributed by atoms with Crippen LogP contribution in [0.15, 0.2) is 0 Å². The molecule has 0 aromatic rings. The van der Waals surface area contributed by atoms with Crippen molar-refractivity contribution in [3.63, 3.8) is 0 Å². The zero-order valence-corrected chi connectivity index (χ0v) is 11.9. The fourth-order valence-corrected chi connectivity index (χ4v) is 2.68. The molecule has 0 spiro atoms. The molecule has 0 radical (unpaired) electrons. The van der Waals surface area contributed by atoms with Gasteiger partial charge < -0.3 is 4.90 Å². The van der Waals surface area contributed by atoms with Crippen LogP contribution in [0.1, 0.15) is 65.7 Å². The monoisotopic (exact) mass is 239 g/mol. The van der Waals surface area contributed by atoms with Crippen molar-refractivity contribution in [1.29, 1.82) is 0 Å². The predicted octanol–water partition coefficient (Wildman–Crippen LogP) is 3.85. The molecular weight excluding hydrogens is 210 g/mol. The van der Waals surface area contributed by atoms with E-state index in [1.165, 1.54) is 38.5 Å². The summed E-state index contributed by atoms with van der Waals surface area (Å²) < 4.78 is 0. The van der Waals surface area contributed by atoms with Gasteiger partial charge in [0.2, 0.25) is 5.91 Å². The van der Waals surface area contributed by atoms with Crippen molar-refractivity contribution >= 4 is 5.91 Å². The van der Waals surface area contributed by atoms with Gasteiger partial charge >= 0.3 is 0 Å². The van der Waals surface area contributed by atoms with E-state index in [0.29, 0.717) is 12.3 Å². The van der Waals surface area contributed by atoms with E-state index in [9.17, 15) is 4.79 Å². The molecule has 0 aromatic heterocycles. The van der Waals surface area contributed by atoms with Crippen LogP contribution >= 0.6 is 0 Å². The van der Waals surface area contributed by atoms with Gasteiger partial charge in [-0.25, -0.2) is 0 Å². The van der Waals surface area contributed by atoms with E-state index < -0.39 is 0 Å². The average molecular weight is 239 g/mol. The van der Waals surface area contributed by atoms with Crippen LogP contribution in [0.25, 0.3) is 0 Å². The molecule has 17 heavy (non-hydrogen) atoms. The van der Waals surface area contributed by atoms with Crippen LogP contribution in [0.3, 0.4) is 0 Å². The number of piperidine rings is 1. The molecular formula is C15H29NO. The first-order valence-corrected chi connectivity index (χ1v) is 7.41. The van der Waals surface area contributed by atoms with Crippen LogP contribution in [0.4, 0.5) is 0 Å². The van der Waals surface area contributed by atoms with Crippen molar-refractivity contribution in [3.8, 4) is 0 Å². The quantitative estimate of drug-likeness (QED) is 0.645. The maximum absolute atomic E-state index is 11.5. The Balaban J connectivity index is 2.09. The molecule has 1 saturated heterocycles. The van der Waals surface area contributed by atoms with E-state index in [-0.39, 0.29) is 0 Å². The van der Waals surface area contributed by atoms with Gasteiger partial charge in [-0.3, -0.25) is 4.79 Å². The molecule has 1 aliphatic rings.